The van der Waals surface area contributed by atoms with Crippen LogP contribution >= 0.6 is 12.4 Å². The molecular weight excluding hydrogens is 289 g/mol. The molecule has 110 valence electrons. The number of hydrogen-bond donors (Lipinski definition) is 2. The zero-order valence-electron chi connectivity index (χ0n) is 10.6. The number of benzene rings is 1. The van der Waals surface area contributed by atoms with Crippen molar-refractivity contribution >= 4 is 24.0 Å². The topological polar surface area (TPSA) is 84.3 Å². The first-order valence-electron chi connectivity index (χ1n) is 6.03. The highest BCUT2D eigenvalue weighted by molar-refractivity contribution is 5.98. The van der Waals surface area contributed by atoms with Gasteiger partial charge < -0.3 is 10.6 Å². The Labute approximate surface area is 121 Å². The lowest BCUT2D eigenvalue weighted by atomic mass is 10.1. The number of piperidine rings is 1. The second-order valence-corrected chi connectivity index (χ2v) is 4.42. The standard InChI is InChI=1S/C12H14FN3O3.ClH/c13-8-1-2-10(11(7-8)16(18)19)12(17)15-9-3-5-14-6-4-9;/h1-2,7,9,14H,3-6H2,(H,15,17);1H. The van der Waals surface area contributed by atoms with Crippen molar-refractivity contribution in [2.24, 2.45) is 0 Å². The smallest absolute Gasteiger partial charge is 0.285 e. The van der Waals surface area contributed by atoms with Crippen LogP contribution < -0.4 is 10.6 Å². The molecule has 0 aromatic heterocycles. The number of amides is 1. The van der Waals surface area contributed by atoms with Crippen LogP contribution in [-0.2, 0) is 0 Å². The van der Waals surface area contributed by atoms with Crippen LogP contribution in [0.4, 0.5) is 10.1 Å². The molecule has 0 radical (unpaired) electrons. The first kappa shape index (κ1) is 16.3. The van der Waals surface area contributed by atoms with Crippen LogP contribution in [0.3, 0.4) is 0 Å². The minimum absolute atomic E-state index is 0. The number of carbonyl (C=O) groups excluding carboxylic acids is 1. The molecule has 2 rings (SSSR count). The van der Waals surface area contributed by atoms with E-state index in [0.717, 1.165) is 44.1 Å². The molecule has 1 amide bonds. The maximum Gasteiger partial charge on any atom is 0.285 e. The lowest BCUT2D eigenvalue weighted by molar-refractivity contribution is -0.385. The molecule has 0 bridgehead atoms. The predicted octanol–water partition coefficient (Wildman–Crippen LogP) is 1.64. The minimum atomic E-state index is -0.750. The van der Waals surface area contributed by atoms with Gasteiger partial charge in [-0.1, -0.05) is 0 Å². The number of nitro benzene ring substituents is 1. The summed E-state index contributed by atoms with van der Waals surface area (Å²) in [5.74, 6) is -1.26. The largest absolute Gasteiger partial charge is 0.349 e. The molecule has 1 saturated heterocycles. The van der Waals surface area contributed by atoms with Crippen LogP contribution in [0.2, 0.25) is 0 Å². The van der Waals surface area contributed by atoms with Gasteiger partial charge in [-0.3, -0.25) is 14.9 Å². The number of halogens is 2. The van der Waals surface area contributed by atoms with Gasteiger partial charge in [-0.25, -0.2) is 4.39 Å². The van der Waals surface area contributed by atoms with Crippen LogP contribution in [0.1, 0.15) is 23.2 Å². The van der Waals surface area contributed by atoms with E-state index in [4.69, 9.17) is 0 Å². The third kappa shape index (κ3) is 3.88. The number of rotatable bonds is 3. The lowest BCUT2D eigenvalue weighted by Crippen LogP contribution is -2.42. The van der Waals surface area contributed by atoms with Crippen molar-refractivity contribution in [2.45, 2.75) is 18.9 Å². The van der Waals surface area contributed by atoms with Gasteiger partial charge in [0, 0.05) is 6.04 Å². The summed E-state index contributed by atoms with van der Waals surface area (Å²) >= 11 is 0. The third-order valence-corrected chi connectivity index (χ3v) is 3.08. The molecule has 0 aliphatic carbocycles. The predicted molar refractivity (Wildman–Crippen MR) is 73.7 cm³/mol. The number of carbonyl (C=O) groups is 1. The SMILES string of the molecule is Cl.O=C(NC1CCNCC1)c1ccc(F)cc1[N+](=O)[O-]. The number of nitrogens with zero attached hydrogens (tertiary/aromatic N) is 1. The van der Waals surface area contributed by atoms with Gasteiger partial charge in [0.2, 0.25) is 0 Å². The van der Waals surface area contributed by atoms with Crippen LogP contribution in [0.15, 0.2) is 18.2 Å². The molecular formula is C12H15ClFN3O3. The molecule has 0 spiro atoms. The average Bonchev–Trinajstić information content (AvgIpc) is 2.39. The molecule has 1 fully saturated rings. The van der Waals surface area contributed by atoms with Gasteiger partial charge in [-0.05, 0) is 38.1 Å². The zero-order valence-corrected chi connectivity index (χ0v) is 11.4. The molecule has 1 aromatic carbocycles. The van der Waals surface area contributed by atoms with Crippen molar-refractivity contribution in [1.29, 1.82) is 0 Å². The van der Waals surface area contributed by atoms with E-state index in [1.165, 1.54) is 0 Å². The molecule has 20 heavy (non-hydrogen) atoms. The van der Waals surface area contributed by atoms with Gasteiger partial charge in [-0.2, -0.15) is 0 Å². The number of nitrogens with one attached hydrogen (secondary N) is 2. The first-order chi connectivity index (χ1) is 9.08. The molecule has 1 heterocycles. The molecule has 8 heteroatoms. The van der Waals surface area contributed by atoms with Crippen LogP contribution in [-0.4, -0.2) is 30.0 Å². The van der Waals surface area contributed by atoms with Crippen molar-refractivity contribution in [2.75, 3.05) is 13.1 Å². The number of hydrogen-bond acceptors (Lipinski definition) is 4. The summed E-state index contributed by atoms with van der Waals surface area (Å²) < 4.78 is 13.0. The van der Waals surface area contributed by atoms with Crippen molar-refractivity contribution in [1.82, 2.24) is 10.6 Å². The Morgan fingerprint density at radius 3 is 2.65 bits per heavy atom. The summed E-state index contributed by atoms with van der Waals surface area (Å²) in [7, 11) is 0. The summed E-state index contributed by atoms with van der Waals surface area (Å²) in [6.45, 7) is 1.60. The van der Waals surface area contributed by atoms with Crippen molar-refractivity contribution in [3.05, 3.63) is 39.7 Å². The summed E-state index contributed by atoms with van der Waals surface area (Å²) in [5.41, 5.74) is -0.614. The van der Waals surface area contributed by atoms with E-state index in [1.54, 1.807) is 0 Å². The van der Waals surface area contributed by atoms with Crippen LogP contribution in [0, 0.1) is 15.9 Å². The Kier molecular flexibility index (Phi) is 5.84. The van der Waals surface area contributed by atoms with E-state index in [9.17, 15) is 19.3 Å². The van der Waals surface area contributed by atoms with E-state index >= 15 is 0 Å². The van der Waals surface area contributed by atoms with E-state index in [-0.39, 0.29) is 24.0 Å². The molecule has 2 N–H and O–H groups in total. The Morgan fingerprint density at radius 2 is 2.05 bits per heavy atom. The molecule has 0 atom stereocenters. The fraction of sp³-hybridized carbons (Fsp3) is 0.417. The van der Waals surface area contributed by atoms with Crippen LogP contribution in [0.25, 0.3) is 0 Å². The highest BCUT2D eigenvalue weighted by Crippen LogP contribution is 2.20. The van der Waals surface area contributed by atoms with Gasteiger partial charge in [-0.15, -0.1) is 12.4 Å². The Bertz CT molecular complexity index is 507. The summed E-state index contributed by atoms with van der Waals surface area (Å²) in [5, 5.41) is 16.7. The van der Waals surface area contributed by atoms with Crippen molar-refractivity contribution in [3.8, 4) is 0 Å². The minimum Gasteiger partial charge on any atom is -0.349 e. The normalized spacial score (nSPS) is 15.2. The Morgan fingerprint density at radius 1 is 1.40 bits per heavy atom. The summed E-state index contributed by atoms with van der Waals surface area (Å²) in [6, 6.07) is 2.95. The summed E-state index contributed by atoms with van der Waals surface area (Å²) in [6.07, 6.45) is 1.56. The lowest BCUT2D eigenvalue weighted by Gasteiger charge is -2.23. The fourth-order valence-electron chi connectivity index (χ4n) is 2.08. The zero-order chi connectivity index (χ0) is 13.8. The second-order valence-electron chi connectivity index (χ2n) is 4.42. The van der Waals surface area contributed by atoms with E-state index < -0.39 is 22.3 Å². The van der Waals surface area contributed by atoms with Gasteiger partial charge in [0.25, 0.3) is 11.6 Å². The molecule has 1 aliphatic heterocycles. The molecule has 1 aromatic rings. The van der Waals surface area contributed by atoms with E-state index in [1.807, 2.05) is 0 Å². The Hall–Kier alpha value is -1.73. The van der Waals surface area contributed by atoms with Crippen molar-refractivity contribution < 1.29 is 14.1 Å². The molecule has 0 unspecified atom stereocenters. The van der Waals surface area contributed by atoms with Crippen molar-refractivity contribution in [3.63, 3.8) is 0 Å². The maximum absolute atomic E-state index is 13.0. The van der Waals surface area contributed by atoms with Gasteiger partial charge in [0.05, 0.1) is 11.0 Å². The Balaban J connectivity index is 0.00000200. The second kappa shape index (κ2) is 7.16. The number of nitro groups is 1. The van der Waals surface area contributed by atoms with Gasteiger partial charge in [0.15, 0.2) is 0 Å². The highest BCUT2D eigenvalue weighted by Gasteiger charge is 2.23. The summed E-state index contributed by atoms with van der Waals surface area (Å²) in [4.78, 5) is 22.1. The van der Waals surface area contributed by atoms with Gasteiger partial charge >= 0.3 is 0 Å². The maximum atomic E-state index is 13.0. The monoisotopic (exact) mass is 303 g/mol. The molecule has 1 aliphatic rings. The third-order valence-electron chi connectivity index (χ3n) is 3.08. The van der Waals surface area contributed by atoms with E-state index in [0.29, 0.717) is 0 Å². The average molecular weight is 304 g/mol. The van der Waals surface area contributed by atoms with Crippen LogP contribution in [0.5, 0.6) is 0 Å². The first-order valence-corrected chi connectivity index (χ1v) is 6.03. The van der Waals surface area contributed by atoms with Gasteiger partial charge in [0.1, 0.15) is 11.4 Å². The fourth-order valence-corrected chi connectivity index (χ4v) is 2.08. The highest BCUT2D eigenvalue weighted by atomic mass is 35.5. The molecule has 0 saturated carbocycles. The molecule has 6 nitrogen and oxygen atoms in total. The van der Waals surface area contributed by atoms with E-state index in [2.05, 4.69) is 10.6 Å². The quantitative estimate of drug-likeness (QED) is 0.657.